The lowest BCUT2D eigenvalue weighted by atomic mass is 9.87. The molecular weight excluding hydrogens is 552 g/mol. The lowest BCUT2D eigenvalue weighted by Crippen LogP contribution is -2.49. The first kappa shape index (κ1) is 30.5. The van der Waals surface area contributed by atoms with Gasteiger partial charge in [0.15, 0.2) is 11.5 Å². The molecule has 6 rings (SSSR count). The number of H-pyrrole nitrogens is 1. The van der Waals surface area contributed by atoms with Crippen LogP contribution in [0.5, 0.6) is 11.5 Å². The molecule has 3 saturated heterocycles. The fourth-order valence-electron chi connectivity index (χ4n) is 7.65. The molecule has 3 aliphatic rings. The standard InChI is InChI=1S/C36H48N4O4/c1-24(2)34-29-20-26(9-11-30(29)37-35(34)27-10-12-31(43-3)32(21-27)44-4)25-13-18-39(19-14-25)33(41)23-38-15-7-8-28(22-38)36(42)40-16-5-6-17-40/h9-12,20-21,24-25,28,37H,5-8,13-19,22-23H2,1-4H3. The smallest absolute Gasteiger partial charge is 0.236 e. The summed E-state index contributed by atoms with van der Waals surface area (Å²) in [6.45, 7) is 9.92. The van der Waals surface area contributed by atoms with Gasteiger partial charge in [-0.25, -0.2) is 0 Å². The van der Waals surface area contributed by atoms with E-state index in [1.54, 1.807) is 14.2 Å². The molecule has 0 spiro atoms. The molecule has 2 aromatic carbocycles. The second-order valence-electron chi connectivity index (χ2n) is 13.2. The molecule has 0 bridgehead atoms. The highest BCUT2D eigenvalue weighted by atomic mass is 16.5. The van der Waals surface area contributed by atoms with Crippen LogP contribution in [0.1, 0.15) is 75.3 Å². The number of piperidine rings is 2. The van der Waals surface area contributed by atoms with Crippen LogP contribution in [0.3, 0.4) is 0 Å². The molecule has 0 aliphatic carbocycles. The van der Waals surface area contributed by atoms with Crippen LogP contribution >= 0.6 is 0 Å². The summed E-state index contributed by atoms with van der Waals surface area (Å²) in [7, 11) is 3.33. The van der Waals surface area contributed by atoms with Gasteiger partial charge in [-0.15, -0.1) is 0 Å². The van der Waals surface area contributed by atoms with Crippen LogP contribution in [0.4, 0.5) is 0 Å². The number of nitrogens with zero attached hydrogens (tertiary/aromatic N) is 3. The zero-order valence-electron chi connectivity index (χ0n) is 26.9. The van der Waals surface area contributed by atoms with Crippen LogP contribution in [0.15, 0.2) is 36.4 Å². The Balaban J connectivity index is 1.11. The molecule has 3 fully saturated rings. The van der Waals surface area contributed by atoms with Crippen molar-refractivity contribution in [1.29, 1.82) is 0 Å². The first-order valence-corrected chi connectivity index (χ1v) is 16.5. The van der Waals surface area contributed by atoms with Crippen LogP contribution in [0.25, 0.3) is 22.2 Å². The van der Waals surface area contributed by atoms with E-state index in [4.69, 9.17) is 9.47 Å². The van der Waals surface area contributed by atoms with E-state index in [-0.39, 0.29) is 11.8 Å². The molecule has 1 atom stereocenters. The molecule has 1 N–H and O–H groups in total. The van der Waals surface area contributed by atoms with Gasteiger partial charge in [0, 0.05) is 49.2 Å². The van der Waals surface area contributed by atoms with E-state index < -0.39 is 0 Å². The highest BCUT2D eigenvalue weighted by Gasteiger charge is 2.32. The van der Waals surface area contributed by atoms with Crippen molar-refractivity contribution in [2.24, 2.45) is 5.92 Å². The maximum Gasteiger partial charge on any atom is 0.236 e. The average Bonchev–Trinajstić information content (AvgIpc) is 3.73. The van der Waals surface area contributed by atoms with Crippen LogP contribution in [0, 0.1) is 5.92 Å². The van der Waals surface area contributed by atoms with Gasteiger partial charge in [-0.1, -0.05) is 19.9 Å². The van der Waals surface area contributed by atoms with Gasteiger partial charge in [0.1, 0.15) is 0 Å². The molecule has 44 heavy (non-hydrogen) atoms. The number of nitrogens with one attached hydrogen (secondary N) is 1. The molecule has 2 amide bonds. The summed E-state index contributed by atoms with van der Waals surface area (Å²) in [5.41, 5.74) is 6.00. The fraction of sp³-hybridized carbons (Fsp3) is 0.556. The first-order chi connectivity index (χ1) is 21.4. The van der Waals surface area contributed by atoms with E-state index in [0.717, 1.165) is 106 Å². The van der Waals surface area contributed by atoms with Crippen LogP contribution in [-0.4, -0.2) is 91.5 Å². The highest BCUT2D eigenvalue weighted by molar-refractivity contribution is 5.92. The van der Waals surface area contributed by atoms with Gasteiger partial charge in [-0.2, -0.15) is 0 Å². The number of carbonyl (C=O) groups is 2. The third-order valence-corrected chi connectivity index (χ3v) is 10.1. The minimum atomic E-state index is 0.0479. The Kier molecular flexibility index (Phi) is 9.17. The molecule has 1 unspecified atom stereocenters. The SMILES string of the molecule is COc1ccc(-c2[nH]c3ccc(C4CCN(C(=O)CN5CCCC(C(=O)N6CCCC6)C5)CC4)cc3c2C(C)C)cc1OC. The van der Waals surface area contributed by atoms with Crippen molar-refractivity contribution in [3.8, 4) is 22.8 Å². The minimum Gasteiger partial charge on any atom is -0.493 e. The molecule has 0 saturated carbocycles. The molecule has 4 heterocycles. The van der Waals surface area contributed by atoms with Crippen LogP contribution < -0.4 is 9.47 Å². The second kappa shape index (κ2) is 13.2. The molecule has 3 aliphatic heterocycles. The number of aromatic amines is 1. The van der Waals surface area contributed by atoms with Crippen molar-refractivity contribution in [1.82, 2.24) is 19.7 Å². The monoisotopic (exact) mass is 600 g/mol. The van der Waals surface area contributed by atoms with Crippen molar-refractivity contribution in [3.63, 3.8) is 0 Å². The summed E-state index contributed by atoms with van der Waals surface area (Å²) in [6, 6.07) is 12.9. The van der Waals surface area contributed by atoms with E-state index in [1.165, 1.54) is 16.5 Å². The molecular formula is C36H48N4O4. The predicted octanol–water partition coefficient (Wildman–Crippen LogP) is 6.02. The van der Waals surface area contributed by atoms with Crippen molar-refractivity contribution < 1.29 is 19.1 Å². The van der Waals surface area contributed by atoms with Crippen molar-refractivity contribution in [3.05, 3.63) is 47.5 Å². The largest absolute Gasteiger partial charge is 0.493 e. The molecule has 236 valence electrons. The van der Waals surface area contributed by atoms with Crippen LogP contribution in [0.2, 0.25) is 0 Å². The van der Waals surface area contributed by atoms with Crippen molar-refractivity contribution >= 4 is 22.7 Å². The quantitative estimate of drug-likeness (QED) is 0.342. The van der Waals surface area contributed by atoms with Gasteiger partial charge < -0.3 is 24.3 Å². The highest BCUT2D eigenvalue weighted by Crippen LogP contribution is 2.40. The number of likely N-dealkylation sites (tertiary alicyclic amines) is 3. The Morgan fingerprint density at radius 1 is 0.864 bits per heavy atom. The predicted molar refractivity (Wildman–Crippen MR) is 174 cm³/mol. The maximum absolute atomic E-state index is 13.3. The van der Waals surface area contributed by atoms with Gasteiger partial charge in [0.05, 0.1) is 32.4 Å². The summed E-state index contributed by atoms with van der Waals surface area (Å²) in [4.78, 5) is 36.3. The van der Waals surface area contributed by atoms with Gasteiger partial charge in [0.25, 0.3) is 0 Å². The van der Waals surface area contributed by atoms with E-state index in [2.05, 4.69) is 48.0 Å². The Bertz CT molecular complexity index is 1480. The lowest BCUT2D eigenvalue weighted by Gasteiger charge is -2.36. The molecule has 3 aromatic rings. The lowest BCUT2D eigenvalue weighted by molar-refractivity contribution is -0.139. The van der Waals surface area contributed by atoms with Gasteiger partial charge in [-0.05, 0) is 98.4 Å². The van der Waals surface area contributed by atoms with Crippen molar-refractivity contribution in [2.45, 2.75) is 64.2 Å². The molecule has 8 nitrogen and oxygen atoms in total. The molecule has 0 radical (unpaired) electrons. The normalized spacial score (nSPS) is 20.1. The zero-order valence-corrected chi connectivity index (χ0v) is 26.9. The van der Waals surface area contributed by atoms with E-state index in [1.807, 2.05) is 21.9 Å². The topological polar surface area (TPSA) is 78.1 Å². The van der Waals surface area contributed by atoms with E-state index in [0.29, 0.717) is 24.3 Å². The number of rotatable bonds is 8. The van der Waals surface area contributed by atoms with Gasteiger partial charge in [-0.3, -0.25) is 14.5 Å². The number of hydrogen-bond acceptors (Lipinski definition) is 5. The number of aromatic nitrogens is 1. The first-order valence-electron chi connectivity index (χ1n) is 16.5. The fourth-order valence-corrected chi connectivity index (χ4v) is 7.65. The van der Waals surface area contributed by atoms with Gasteiger partial charge in [0.2, 0.25) is 11.8 Å². The Labute approximate surface area is 261 Å². The number of amides is 2. The number of carbonyl (C=O) groups excluding carboxylic acids is 2. The summed E-state index contributed by atoms with van der Waals surface area (Å²) in [5.74, 6) is 2.76. The number of methoxy groups -OCH3 is 2. The van der Waals surface area contributed by atoms with E-state index >= 15 is 0 Å². The minimum absolute atomic E-state index is 0.0479. The number of fused-ring (bicyclic) bond motifs is 1. The second-order valence-corrected chi connectivity index (χ2v) is 13.2. The third kappa shape index (κ3) is 6.19. The number of benzene rings is 2. The summed E-state index contributed by atoms with van der Waals surface area (Å²) in [6.07, 6.45) is 6.12. The van der Waals surface area contributed by atoms with Crippen molar-refractivity contribution in [2.75, 3.05) is 60.0 Å². The Morgan fingerprint density at radius 2 is 1.61 bits per heavy atom. The van der Waals surface area contributed by atoms with E-state index in [9.17, 15) is 9.59 Å². The summed E-state index contributed by atoms with van der Waals surface area (Å²) >= 11 is 0. The Hall–Kier alpha value is -3.52. The molecule has 8 heteroatoms. The molecule has 1 aromatic heterocycles. The average molecular weight is 601 g/mol. The number of hydrogen-bond donors (Lipinski definition) is 1. The summed E-state index contributed by atoms with van der Waals surface area (Å²) in [5, 5.41) is 1.27. The van der Waals surface area contributed by atoms with Gasteiger partial charge >= 0.3 is 0 Å². The maximum atomic E-state index is 13.3. The number of ether oxygens (including phenoxy) is 2. The Morgan fingerprint density at radius 3 is 2.32 bits per heavy atom. The van der Waals surface area contributed by atoms with Crippen LogP contribution in [-0.2, 0) is 9.59 Å². The zero-order chi connectivity index (χ0) is 30.8. The summed E-state index contributed by atoms with van der Waals surface area (Å²) < 4.78 is 11.0. The third-order valence-electron chi connectivity index (χ3n) is 10.1.